The van der Waals surface area contributed by atoms with Crippen molar-refractivity contribution in [3.05, 3.63) is 30.3 Å². The third-order valence-corrected chi connectivity index (χ3v) is 2.91. The standard InChI is InChI=1S/C15H23NO3/c1-12(2)14(11-17)16-15(18)9-6-10-19-13-7-4-3-5-8-13/h3-5,7-8,12,14,17H,6,9-11H2,1-2H3,(H,16,18)/t14-/m1/s1. The highest BCUT2D eigenvalue weighted by Gasteiger charge is 2.14. The van der Waals surface area contributed by atoms with Gasteiger partial charge in [-0.2, -0.15) is 0 Å². The average Bonchev–Trinajstić information content (AvgIpc) is 2.42. The minimum Gasteiger partial charge on any atom is -0.494 e. The summed E-state index contributed by atoms with van der Waals surface area (Å²) in [5, 5.41) is 11.9. The molecule has 1 aromatic carbocycles. The van der Waals surface area contributed by atoms with Gasteiger partial charge in [0.2, 0.25) is 5.91 Å². The summed E-state index contributed by atoms with van der Waals surface area (Å²) in [6, 6.07) is 9.37. The topological polar surface area (TPSA) is 58.6 Å². The van der Waals surface area contributed by atoms with E-state index in [0.29, 0.717) is 19.4 Å². The monoisotopic (exact) mass is 265 g/mol. The van der Waals surface area contributed by atoms with Crippen LogP contribution in [0.25, 0.3) is 0 Å². The Hall–Kier alpha value is -1.55. The maximum atomic E-state index is 11.7. The van der Waals surface area contributed by atoms with E-state index in [1.807, 2.05) is 44.2 Å². The molecule has 0 radical (unpaired) electrons. The molecule has 1 aromatic rings. The van der Waals surface area contributed by atoms with Crippen molar-refractivity contribution in [2.24, 2.45) is 5.92 Å². The molecule has 0 bridgehead atoms. The van der Waals surface area contributed by atoms with E-state index in [2.05, 4.69) is 5.32 Å². The van der Waals surface area contributed by atoms with Gasteiger partial charge in [-0.25, -0.2) is 0 Å². The molecule has 0 aliphatic carbocycles. The molecule has 0 aliphatic heterocycles. The number of nitrogens with one attached hydrogen (secondary N) is 1. The van der Waals surface area contributed by atoms with E-state index < -0.39 is 0 Å². The molecule has 19 heavy (non-hydrogen) atoms. The summed E-state index contributed by atoms with van der Waals surface area (Å²) in [6.45, 7) is 4.44. The van der Waals surface area contributed by atoms with Crippen LogP contribution in [0.5, 0.6) is 5.75 Å². The second kappa shape index (κ2) is 8.53. The minimum absolute atomic E-state index is 0.0239. The fraction of sp³-hybridized carbons (Fsp3) is 0.533. The molecule has 0 heterocycles. The highest BCUT2D eigenvalue weighted by atomic mass is 16.5. The van der Waals surface area contributed by atoms with Gasteiger partial charge < -0.3 is 15.2 Å². The summed E-state index contributed by atoms with van der Waals surface area (Å²) in [6.07, 6.45) is 1.08. The summed E-state index contributed by atoms with van der Waals surface area (Å²) in [5.41, 5.74) is 0. The first kappa shape index (κ1) is 15.5. The van der Waals surface area contributed by atoms with Crippen LogP contribution in [0.2, 0.25) is 0 Å². The maximum absolute atomic E-state index is 11.7. The lowest BCUT2D eigenvalue weighted by Gasteiger charge is -2.19. The average molecular weight is 265 g/mol. The van der Waals surface area contributed by atoms with Crippen molar-refractivity contribution >= 4 is 5.91 Å². The van der Waals surface area contributed by atoms with E-state index in [9.17, 15) is 4.79 Å². The predicted octanol–water partition coefficient (Wildman–Crippen LogP) is 1.98. The van der Waals surface area contributed by atoms with Crippen molar-refractivity contribution in [2.45, 2.75) is 32.7 Å². The molecule has 0 aromatic heterocycles. The van der Waals surface area contributed by atoms with Crippen LogP contribution in [-0.4, -0.2) is 30.3 Å². The molecule has 0 saturated heterocycles. The zero-order valence-electron chi connectivity index (χ0n) is 11.6. The molecular formula is C15H23NO3. The van der Waals surface area contributed by atoms with Gasteiger partial charge in [0.15, 0.2) is 0 Å². The molecule has 0 spiro atoms. The van der Waals surface area contributed by atoms with Crippen molar-refractivity contribution in [2.75, 3.05) is 13.2 Å². The number of aliphatic hydroxyl groups excluding tert-OH is 1. The molecule has 4 nitrogen and oxygen atoms in total. The number of ether oxygens (including phenoxy) is 1. The number of hydrogen-bond acceptors (Lipinski definition) is 3. The van der Waals surface area contributed by atoms with Gasteiger partial charge in [0.25, 0.3) is 0 Å². The fourth-order valence-corrected chi connectivity index (χ4v) is 1.64. The smallest absolute Gasteiger partial charge is 0.220 e. The van der Waals surface area contributed by atoms with E-state index in [0.717, 1.165) is 5.75 Å². The number of rotatable bonds is 8. The summed E-state index contributed by atoms with van der Waals surface area (Å²) < 4.78 is 5.51. The molecular weight excluding hydrogens is 242 g/mol. The van der Waals surface area contributed by atoms with Gasteiger partial charge >= 0.3 is 0 Å². The second-order valence-corrected chi connectivity index (χ2v) is 4.87. The Morgan fingerprint density at radius 3 is 2.58 bits per heavy atom. The molecule has 1 rings (SSSR count). The van der Waals surface area contributed by atoms with Crippen LogP contribution in [0.4, 0.5) is 0 Å². The van der Waals surface area contributed by atoms with Gasteiger partial charge in [0.1, 0.15) is 5.75 Å². The number of carbonyl (C=O) groups excluding carboxylic acids is 1. The number of benzene rings is 1. The highest BCUT2D eigenvalue weighted by molar-refractivity contribution is 5.76. The van der Waals surface area contributed by atoms with Gasteiger partial charge in [0, 0.05) is 6.42 Å². The first-order valence-corrected chi connectivity index (χ1v) is 6.71. The molecule has 4 heteroatoms. The molecule has 106 valence electrons. The van der Waals surface area contributed by atoms with Crippen LogP contribution in [-0.2, 0) is 4.79 Å². The van der Waals surface area contributed by atoms with Gasteiger partial charge in [-0.3, -0.25) is 4.79 Å². The fourth-order valence-electron chi connectivity index (χ4n) is 1.64. The Morgan fingerprint density at radius 2 is 2.00 bits per heavy atom. The zero-order chi connectivity index (χ0) is 14.1. The van der Waals surface area contributed by atoms with Crippen molar-refractivity contribution in [3.63, 3.8) is 0 Å². The minimum atomic E-state index is -0.164. The van der Waals surface area contributed by atoms with Crippen LogP contribution in [0.3, 0.4) is 0 Å². The Morgan fingerprint density at radius 1 is 1.32 bits per heavy atom. The van der Waals surface area contributed by atoms with E-state index >= 15 is 0 Å². The van der Waals surface area contributed by atoms with Gasteiger partial charge in [-0.05, 0) is 24.5 Å². The summed E-state index contributed by atoms with van der Waals surface area (Å²) in [4.78, 5) is 11.7. The number of amides is 1. The number of aliphatic hydroxyl groups is 1. The quantitative estimate of drug-likeness (QED) is 0.707. The third-order valence-electron chi connectivity index (χ3n) is 2.91. The molecule has 0 fully saturated rings. The van der Waals surface area contributed by atoms with Crippen LogP contribution in [0.15, 0.2) is 30.3 Å². The highest BCUT2D eigenvalue weighted by Crippen LogP contribution is 2.09. The van der Waals surface area contributed by atoms with E-state index in [1.165, 1.54) is 0 Å². The number of hydrogen-bond donors (Lipinski definition) is 2. The molecule has 2 N–H and O–H groups in total. The van der Waals surface area contributed by atoms with Crippen LogP contribution >= 0.6 is 0 Å². The molecule has 0 aliphatic rings. The van der Waals surface area contributed by atoms with Gasteiger partial charge in [-0.15, -0.1) is 0 Å². The Balaban J connectivity index is 2.17. The summed E-state index contributed by atoms with van der Waals surface area (Å²) in [5.74, 6) is 1.01. The van der Waals surface area contributed by atoms with Crippen molar-refractivity contribution in [3.8, 4) is 5.75 Å². The van der Waals surface area contributed by atoms with Gasteiger partial charge in [0.05, 0.1) is 19.3 Å². The molecule has 0 saturated carbocycles. The van der Waals surface area contributed by atoms with Gasteiger partial charge in [-0.1, -0.05) is 32.0 Å². The SMILES string of the molecule is CC(C)[C@@H](CO)NC(=O)CCCOc1ccccc1. The maximum Gasteiger partial charge on any atom is 0.220 e. The van der Waals surface area contributed by atoms with E-state index in [1.54, 1.807) is 0 Å². The van der Waals surface area contributed by atoms with Crippen molar-refractivity contribution in [1.29, 1.82) is 0 Å². The van der Waals surface area contributed by atoms with Crippen LogP contribution in [0, 0.1) is 5.92 Å². The normalized spacial score (nSPS) is 12.2. The Bertz CT molecular complexity index is 365. The summed E-state index contributed by atoms with van der Waals surface area (Å²) >= 11 is 0. The van der Waals surface area contributed by atoms with Crippen LogP contribution in [0.1, 0.15) is 26.7 Å². The molecule has 1 amide bonds. The lowest BCUT2D eigenvalue weighted by Crippen LogP contribution is -2.41. The predicted molar refractivity (Wildman–Crippen MR) is 75.0 cm³/mol. The Kier molecular flexibility index (Phi) is 6.97. The second-order valence-electron chi connectivity index (χ2n) is 4.87. The van der Waals surface area contributed by atoms with Crippen LogP contribution < -0.4 is 10.1 Å². The lowest BCUT2D eigenvalue weighted by atomic mass is 10.1. The first-order valence-electron chi connectivity index (χ1n) is 6.71. The van der Waals surface area contributed by atoms with Crippen molar-refractivity contribution < 1.29 is 14.6 Å². The van der Waals surface area contributed by atoms with E-state index in [-0.39, 0.29) is 24.5 Å². The van der Waals surface area contributed by atoms with E-state index in [4.69, 9.17) is 9.84 Å². The van der Waals surface area contributed by atoms with Crippen molar-refractivity contribution in [1.82, 2.24) is 5.32 Å². The lowest BCUT2D eigenvalue weighted by molar-refractivity contribution is -0.122. The molecule has 1 atom stereocenters. The zero-order valence-corrected chi connectivity index (χ0v) is 11.6. The largest absolute Gasteiger partial charge is 0.494 e. The number of para-hydroxylation sites is 1. The summed E-state index contributed by atoms with van der Waals surface area (Å²) in [7, 11) is 0. The Labute approximate surface area is 114 Å². The third kappa shape index (κ3) is 6.25. The first-order chi connectivity index (χ1) is 9.13. The molecule has 0 unspecified atom stereocenters. The number of carbonyl (C=O) groups is 1.